The van der Waals surface area contributed by atoms with E-state index in [4.69, 9.17) is 0 Å². The van der Waals surface area contributed by atoms with Crippen LogP contribution in [0.3, 0.4) is 0 Å². The van der Waals surface area contributed by atoms with Crippen molar-refractivity contribution < 1.29 is 0 Å². The lowest BCUT2D eigenvalue weighted by Gasteiger charge is -2.10. The van der Waals surface area contributed by atoms with Crippen molar-refractivity contribution in [3.05, 3.63) is 400 Å². The second-order valence-corrected chi connectivity index (χ2v) is 27.5. The molecule has 4 aromatic heterocycles. The molecule has 0 aliphatic rings. The fourth-order valence-corrected chi connectivity index (χ4v) is 16.3. The van der Waals surface area contributed by atoms with E-state index in [2.05, 4.69) is 409 Å². The van der Waals surface area contributed by atoms with Crippen molar-refractivity contribution in [2.75, 3.05) is 0 Å². The van der Waals surface area contributed by atoms with Crippen LogP contribution in [0.4, 0.5) is 0 Å². The predicted octanol–water partition coefficient (Wildman–Crippen LogP) is 28.0. The zero-order valence-electron chi connectivity index (χ0n) is 57.0. The van der Waals surface area contributed by atoms with Crippen LogP contribution in [0.15, 0.2) is 400 Å². The Morgan fingerprint density at radius 1 is 0.106 bits per heavy atom. The maximum Gasteiger partial charge on any atom is 0.0620 e. The lowest BCUT2D eigenvalue weighted by Crippen LogP contribution is -1.85. The molecule has 0 radical (unpaired) electrons. The van der Waals surface area contributed by atoms with Crippen LogP contribution in [0.1, 0.15) is 0 Å². The molecule has 21 rings (SSSR count). The molecule has 4 heterocycles. The third kappa shape index (κ3) is 10.6. The van der Waals surface area contributed by atoms with Gasteiger partial charge >= 0.3 is 0 Å². The predicted molar refractivity (Wildman–Crippen MR) is 442 cm³/mol. The van der Waals surface area contributed by atoms with E-state index in [0.29, 0.717) is 0 Å². The Hall–Kier alpha value is -13.7. The molecule has 0 unspecified atom stereocenters. The number of rotatable bonds is 11. The monoisotopic (exact) mass is 1320 g/mol. The van der Waals surface area contributed by atoms with Crippen LogP contribution in [0.5, 0.6) is 0 Å². The Bertz CT molecular complexity index is 6750. The standard InChI is InChI=1S/C54H35N.C48H31N/c1-3-11-36(12-4-1)38-23-25-39(26-24-38)41-16-8-17-42(32-41)43-18-9-20-45(33-43)47-28-30-53-51(35-47)49-22-10-21-48-50-34-46(27-29-52(50)55(53)54(48)49)44-19-7-15-40(31-44)37-13-5-2-6-14-37;1-4-10-32(11-5-1)35-16-20-37(21-17-35)40-25-27-47-43(29-40)45-31-41(38-22-18-36(19-23-38)33-12-6-2-7-13-33)30-44-42-28-39(34-14-8-3-9-15-34)24-26-46(42)49(47)48(44)45/h1-35H;1-31H. The van der Waals surface area contributed by atoms with Gasteiger partial charge in [-0.1, -0.05) is 322 Å². The first-order valence-electron chi connectivity index (χ1n) is 35.9. The van der Waals surface area contributed by atoms with Crippen molar-refractivity contribution in [3.8, 4) is 122 Å². The summed E-state index contributed by atoms with van der Waals surface area (Å²) in [6.07, 6.45) is 0. The number of aromatic nitrogens is 2. The van der Waals surface area contributed by atoms with Crippen LogP contribution in [-0.4, -0.2) is 8.80 Å². The Balaban J connectivity index is 0.000000139. The summed E-state index contributed by atoms with van der Waals surface area (Å²) in [5, 5.41) is 10.3. The molecule has 0 spiro atoms. The summed E-state index contributed by atoms with van der Waals surface area (Å²) in [4.78, 5) is 0. The van der Waals surface area contributed by atoms with E-state index in [0.717, 1.165) is 0 Å². The molecule has 17 aromatic carbocycles. The van der Waals surface area contributed by atoms with Gasteiger partial charge < -0.3 is 8.80 Å². The molecule has 2 nitrogen and oxygen atoms in total. The van der Waals surface area contributed by atoms with Crippen molar-refractivity contribution in [2.24, 2.45) is 0 Å². The van der Waals surface area contributed by atoms with E-state index in [9.17, 15) is 0 Å². The van der Waals surface area contributed by atoms with Gasteiger partial charge in [0.2, 0.25) is 0 Å². The number of hydrogen-bond acceptors (Lipinski definition) is 0. The molecular weight excluding hydrogens is 1250 g/mol. The molecule has 0 saturated carbocycles. The van der Waals surface area contributed by atoms with Crippen LogP contribution < -0.4 is 0 Å². The lowest BCUT2D eigenvalue weighted by molar-refractivity contribution is 1.37. The minimum atomic E-state index is 1.21. The molecule has 2 heteroatoms. The van der Waals surface area contributed by atoms with Crippen molar-refractivity contribution in [3.63, 3.8) is 0 Å². The summed E-state index contributed by atoms with van der Waals surface area (Å²) in [6.45, 7) is 0. The van der Waals surface area contributed by atoms with E-state index in [1.54, 1.807) is 0 Å². The van der Waals surface area contributed by atoms with Crippen LogP contribution in [0.25, 0.3) is 199 Å². The van der Waals surface area contributed by atoms with E-state index in [1.165, 1.54) is 199 Å². The molecule has 484 valence electrons. The maximum atomic E-state index is 2.48. The fraction of sp³-hybridized carbons (Fsp3) is 0. The second kappa shape index (κ2) is 25.2. The summed E-state index contributed by atoms with van der Waals surface area (Å²) < 4.78 is 4.95. The zero-order valence-corrected chi connectivity index (χ0v) is 57.0. The van der Waals surface area contributed by atoms with Gasteiger partial charge in [-0.05, 0) is 201 Å². The van der Waals surface area contributed by atoms with Crippen molar-refractivity contribution in [1.29, 1.82) is 0 Å². The van der Waals surface area contributed by atoms with E-state index in [-0.39, 0.29) is 0 Å². The van der Waals surface area contributed by atoms with Gasteiger partial charge in [-0.3, -0.25) is 0 Å². The van der Waals surface area contributed by atoms with Crippen LogP contribution >= 0.6 is 0 Å². The average Bonchev–Trinajstić information content (AvgIpc) is 1.56. The maximum absolute atomic E-state index is 2.48. The van der Waals surface area contributed by atoms with Gasteiger partial charge in [0.15, 0.2) is 0 Å². The van der Waals surface area contributed by atoms with Gasteiger partial charge in [-0.2, -0.15) is 0 Å². The number of benzene rings is 17. The molecule has 0 amide bonds. The van der Waals surface area contributed by atoms with Gasteiger partial charge in [-0.15, -0.1) is 0 Å². The highest BCUT2D eigenvalue weighted by molar-refractivity contribution is 6.26. The molecule has 0 fully saturated rings. The summed E-state index contributed by atoms with van der Waals surface area (Å²) in [5.41, 5.74) is 34.6. The van der Waals surface area contributed by atoms with Gasteiger partial charge in [0.25, 0.3) is 0 Å². The summed E-state index contributed by atoms with van der Waals surface area (Å²) in [6, 6.07) is 146. The molecule has 21 aromatic rings. The quantitative estimate of drug-likeness (QED) is 0.122. The Kier molecular flexibility index (Phi) is 14.6. The summed E-state index contributed by atoms with van der Waals surface area (Å²) >= 11 is 0. The average molecular weight is 1320 g/mol. The third-order valence-electron chi connectivity index (χ3n) is 21.5. The molecule has 0 atom stereocenters. The molecule has 0 aliphatic carbocycles. The fourth-order valence-electron chi connectivity index (χ4n) is 16.3. The van der Waals surface area contributed by atoms with E-state index in [1.807, 2.05) is 0 Å². The Morgan fingerprint density at radius 3 is 0.577 bits per heavy atom. The summed E-state index contributed by atoms with van der Waals surface area (Å²) in [5.74, 6) is 0. The Labute approximate surface area is 603 Å². The zero-order chi connectivity index (χ0) is 68.6. The lowest BCUT2D eigenvalue weighted by atomic mass is 9.95. The minimum absolute atomic E-state index is 1.21. The van der Waals surface area contributed by atoms with E-state index >= 15 is 0 Å². The van der Waals surface area contributed by atoms with Crippen molar-refractivity contribution in [1.82, 2.24) is 8.80 Å². The Morgan fingerprint density at radius 2 is 0.279 bits per heavy atom. The highest BCUT2D eigenvalue weighted by Gasteiger charge is 2.22. The molecule has 104 heavy (non-hydrogen) atoms. The molecule has 0 saturated heterocycles. The minimum Gasteiger partial charge on any atom is -0.308 e. The first-order chi connectivity index (χ1) is 51.5. The van der Waals surface area contributed by atoms with Crippen LogP contribution in [0.2, 0.25) is 0 Å². The molecule has 0 bridgehead atoms. The van der Waals surface area contributed by atoms with Crippen LogP contribution in [-0.2, 0) is 0 Å². The first kappa shape index (κ1) is 60.3. The largest absolute Gasteiger partial charge is 0.308 e. The van der Waals surface area contributed by atoms with Crippen LogP contribution in [0, 0.1) is 0 Å². The number of para-hydroxylation sites is 1. The van der Waals surface area contributed by atoms with E-state index < -0.39 is 0 Å². The topological polar surface area (TPSA) is 8.82 Å². The highest BCUT2D eigenvalue weighted by atomic mass is 14.9. The van der Waals surface area contributed by atoms with Gasteiger partial charge in [0.1, 0.15) is 0 Å². The van der Waals surface area contributed by atoms with Crippen molar-refractivity contribution in [2.45, 2.75) is 0 Å². The van der Waals surface area contributed by atoms with Gasteiger partial charge in [0, 0.05) is 43.1 Å². The number of hydrogen-bond donors (Lipinski definition) is 0. The summed E-state index contributed by atoms with van der Waals surface area (Å²) in [7, 11) is 0. The number of nitrogens with zero attached hydrogens (tertiary/aromatic N) is 2. The van der Waals surface area contributed by atoms with Crippen molar-refractivity contribution >= 4 is 76.2 Å². The first-order valence-corrected chi connectivity index (χ1v) is 35.9. The third-order valence-corrected chi connectivity index (χ3v) is 21.5. The normalized spacial score (nSPS) is 11.7. The molecular formula is C102H66N2. The van der Waals surface area contributed by atoms with Gasteiger partial charge in [-0.25, -0.2) is 0 Å². The molecule has 0 N–H and O–H groups in total. The smallest absolute Gasteiger partial charge is 0.0620 e. The highest BCUT2D eigenvalue weighted by Crippen LogP contribution is 2.46. The molecule has 0 aliphatic heterocycles. The second-order valence-electron chi connectivity index (χ2n) is 27.5. The van der Waals surface area contributed by atoms with Gasteiger partial charge in [0.05, 0.1) is 33.1 Å². The SMILES string of the molecule is c1ccc(-c2ccc(-c3ccc4c(c3)c3cc(-c5ccc(-c6ccccc6)cc5)cc5c6cc(-c7ccccc7)ccc6n4c53)cc2)cc1.c1ccc(-c2ccc(-c3cccc(-c4cccc(-c5ccc6c(c5)c5cccc7c8cc(-c9cccc(-c%10ccccc%10)c9)ccc8n6c75)c4)c3)cc2)cc1. The number of fused-ring (bicyclic) bond motifs is 12.